The second-order valence-corrected chi connectivity index (χ2v) is 9.22. The van der Waals surface area contributed by atoms with Crippen LogP contribution < -0.4 is 25.0 Å². The van der Waals surface area contributed by atoms with Crippen molar-refractivity contribution < 1.29 is 17.9 Å². The van der Waals surface area contributed by atoms with E-state index >= 15 is 0 Å². The second kappa shape index (κ2) is 10.0. The van der Waals surface area contributed by atoms with Crippen molar-refractivity contribution in [1.82, 2.24) is 10.6 Å². The smallest absolute Gasteiger partial charge is 0.261 e. The van der Waals surface area contributed by atoms with Crippen LogP contribution in [0, 0.1) is 0 Å². The third-order valence-electron chi connectivity index (χ3n) is 5.32. The molecule has 9 heteroatoms. The zero-order chi connectivity index (χ0) is 22.4. The summed E-state index contributed by atoms with van der Waals surface area (Å²) in [5, 5.41) is 6.22. The number of carbonyl (C=O) groups is 1. The van der Waals surface area contributed by atoms with Crippen LogP contribution in [-0.2, 0) is 10.0 Å². The molecule has 1 aliphatic rings. The predicted molar refractivity (Wildman–Crippen MR) is 123 cm³/mol. The highest BCUT2D eigenvalue weighted by molar-refractivity contribution is 7.92. The highest BCUT2D eigenvalue weighted by Crippen LogP contribution is 2.30. The molecule has 168 valence electrons. The average molecular weight is 447 g/mol. The maximum absolute atomic E-state index is 13.1. The lowest BCUT2D eigenvalue weighted by Crippen LogP contribution is -2.43. The molecule has 2 aromatic rings. The molecule has 3 N–H and O–H groups in total. The Morgan fingerprint density at radius 3 is 2.45 bits per heavy atom. The molecule has 1 fully saturated rings. The van der Waals surface area contributed by atoms with Crippen LogP contribution in [0.1, 0.15) is 30.6 Å². The SMILES string of the molecule is CC[C@@H](C)NC(=O)c1ccc(N2CCNCC2)c(NS(=O)(=O)c2ccc(OC)cc2)c1. The summed E-state index contributed by atoms with van der Waals surface area (Å²) in [4.78, 5) is 14.9. The van der Waals surface area contributed by atoms with Crippen molar-refractivity contribution in [2.24, 2.45) is 0 Å². The first kappa shape index (κ1) is 22.9. The van der Waals surface area contributed by atoms with E-state index in [4.69, 9.17) is 4.74 Å². The monoisotopic (exact) mass is 446 g/mol. The highest BCUT2D eigenvalue weighted by atomic mass is 32.2. The largest absolute Gasteiger partial charge is 0.497 e. The lowest BCUT2D eigenvalue weighted by molar-refractivity contribution is 0.0939. The number of carbonyl (C=O) groups excluding carboxylic acids is 1. The Balaban J connectivity index is 1.95. The Hall–Kier alpha value is -2.78. The van der Waals surface area contributed by atoms with E-state index in [0.717, 1.165) is 38.3 Å². The Morgan fingerprint density at radius 1 is 1.16 bits per heavy atom. The zero-order valence-corrected chi connectivity index (χ0v) is 19.0. The van der Waals surface area contributed by atoms with Crippen molar-refractivity contribution in [2.45, 2.75) is 31.2 Å². The minimum Gasteiger partial charge on any atom is -0.497 e. The van der Waals surface area contributed by atoms with E-state index in [0.29, 0.717) is 17.0 Å². The first-order chi connectivity index (χ1) is 14.8. The molecule has 1 aliphatic heterocycles. The second-order valence-electron chi connectivity index (χ2n) is 7.53. The van der Waals surface area contributed by atoms with Gasteiger partial charge in [-0.1, -0.05) is 6.92 Å². The summed E-state index contributed by atoms with van der Waals surface area (Å²) in [5.41, 5.74) is 1.54. The van der Waals surface area contributed by atoms with Crippen LogP contribution in [0.2, 0.25) is 0 Å². The van der Waals surface area contributed by atoms with Gasteiger partial charge < -0.3 is 20.3 Å². The van der Waals surface area contributed by atoms with E-state index in [2.05, 4.69) is 20.3 Å². The molecule has 0 aliphatic carbocycles. The van der Waals surface area contributed by atoms with Crippen LogP contribution >= 0.6 is 0 Å². The van der Waals surface area contributed by atoms with E-state index in [1.165, 1.54) is 19.2 Å². The number of nitrogens with zero attached hydrogens (tertiary/aromatic N) is 1. The van der Waals surface area contributed by atoms with Crippen molar-refractivity contribution in [1.29, 1.82) is 0 Å². The molecule has 3 rings (SSSR count). The van der Waals surface area contributed by atoms with Gasteiger partial charge in [-0.3, -0.25) is 9.52 Å². The van der Waals surface area contributed by atoms with E-state index < -0.39 is 10.0 Å². The third kappa shape index (κ3) is 5.68. The van der Waals surface area contributed by atoms with Gasteiger partial charge in [-0.15, -0.1) is 0 Å². The highest BCUT2D eigenvalue weighted by Gasteiger charge is 2.21. The minimum atomic E-state index is -3.85. The number of rotatable bonds is 8. The Kier molecular flexibility index (Phi) is 7.40. The number of benzene rings is 2. The summed E-state index contributed by atoms with van der Waals surface area (Å²) in [6.45, 7) is 7.03. The summed E-state index contributed by atoms with van der Waals surface area (Å²) in [6, 6.07) is 11.4. The number of methoxy groups -OCH3 is 1. The summed E-state index contributed by atoms with van der Waals surface area (Å²) in [7, 11) is -2.32. The zero-order valence-electron chi connectivity index (χ0n) is 18.1. The van der Waals surface area contributed by atoms with Gasteiger partial charge in [0.15, 0.2) is 0 Å². The number of hydrogen-bond acceptors (Lipinski definition) is 6. The number of ether oxygens (including phenoxy) is 1. The third-order valence-corrected chi connectivity index (χ3v) is 6.70. The van der Waals surface area contributed by atoms with Gasteiger partial charge in [0.25, 0.3) is 15.9 Å². The Morgan fingerprint density at radius 2 is 1.84 bits per heavy atom. The van der Waals surface area contributed by atoms with Crippen LogP contribution in [0.25, 0.3) is 0 Å². The molecule has 0 saturated carbocycles. The maximum atomic E-state index is 13.1. The Labute approximate surface area is 184 Å². The molecule has 8 nitrogen and oxygen atoms in total. The number of sulfonamides is 1. The molecular formula is C22H30N4O4S. The number of hydrogen-bond donors (Lipinski definition) is 3. The molecular weight excluding hydrogens is 416 g/mol. The van der Waals surface area contributed by atoms with Crippen molar-refractivity contribution in [2.75, 3.05) is 42.9 Å². The van der Waals surface area contributed by atoms with Gasteiger partial charge in [-0.2, -0.15) is 0 Å². The van der Waals surface area contributed by atoms with Crippen LogP contribution in [0.5, 0.6) is 5.75 Å². The molecule has 1 saturated heterocycles. The van der Waals surface area contributed by atoms with E-state index in [9.17, 15) is 13.2 Å². The topological polar surface area (TPSA) is 99.8 Å². The fraction of sp³-hybridized carbons (Fsp3) is 0.409. The average Bonchev–Trinajstić information content (AvgIpc) is 2.79. The molecule has 0 radical (unpaired) electrons. The van der Waals surface area contributed by atoms with Gasteiger partial charge in [0.05, 0.1) is 23.4 Å². The van der Waals surface area contributed by atoms with E-state index in [1.807, 2.05) is 19.9 Å². The van der Waals surface area contributed by atoms with Crippen LogP contribution in [0.4, 0.5) is 11.4 Å². The summed E-state index contributed by atoms with van der Waals surface area (Å²) >= 11 is 0. The number of nitrogens with one attached hydrogen (secondary N) is 3. The van der Waals surface area contributed by atoms with E-state index in [-0.39, 0.29) is 16.8 Å². The van der Waals surface area contributed by atoms with Crippen molar-refractivity contribution in [3.05, 3.63) is 48.0 Å². The molecule has 31 heavy (non-hydrogen) atoms. The minimum absolute atomic E-state index is 0.0276. The van der Waals surface area contributed by atoms with Crippen molar-refractivity contribution >= 4 is 27.3 Å². The van der Waals surface area contributed by atoms with Crippen molar-refractivity contribution in [3.8, 4) is 5.75 Å². The first-order valence-corrected chi connectivity index (χ1v) is 11.9. The van der Waals surface area contributed by atoms with Crippen LogP contribution in [0.3, 0.4) is 0 Å². The molecule has 0 aromatic heterocycles. The van der Waals surface area contributed by atoms with Gasteiger partial charge >= 0.3 is 0 Å². The number of piperazine rings is 1. The summed E-state index contributed by atoms with van der Waals surface area (Å²) < 4.78 is 33.9. The molecule has 0 bridgehead atoms. The Bertz CT molecular complexity index is 1000. The molecule has 0 spiro atoms. The number of amides is 1. The first-order valence-electron chi connectivity index (χ1n) is 10.4. The quantitative estimate of drug-likeness (QED) is 0.576. The lowest BCUT2D eigenvalue weighted by atomic mass is 10.1. The van der Waals surface area contributed by atoms with E-state index in [1.54, 1.807) is 24.3 Å². The standard InChI is InChI=1S/C22H30N4O4S/c1-4-16(2)24-22(27)17-5-10-21(26-13-11-23-12-14-26)20(15-17)25-31(28,29)19-8-6-18(30-3)7-9-19/h5-10,15-16,23,25H,4,11-14H2,1-3H3,(H,24,27)/t16-/m1/s1. The predicted octanol–water partition coefficient (Wildman–Crippen LogP) is 2.43. The van der Waals surface area contributed by atoms with Gasteiger partial charge in [0, 0.05) is 37.8 Å². The maximum Gasteiger partial charge on any atom is 0.261 e. The molecule has 1 atom stereocenters. The van der Waals surface area contributed by atoms with Gasteiger partial charge in [-0.05, 0) is 55.8 Å². The molecule has 1 amide bonds. The van der Waals surface area contributed by atoms with Crippen LogP contribution in [-0.4, -0.2) is 53.7 Å². The van der Waals surface area contributed by atoms with Gasteiger partial charge in [0.1, 0.15) is 5.75 Å². The fourth-order valence-electron chi connectivity index (χ4n) is 3.31. The number of anilines is 2. The summed E-state index contributed by atoms with van der Waals surface area (Å²) in [5.74, 6) is 0.343. The van der Waals surface area contributed by atoms with Crippen LogP contribution in [0.15, 0.2) is 47.4 Å². The molecule has 2 aromatic carbocycles. The normalized spacial score (nSPS) is 15.3. The molecule has 1 heterocycles. The molecule has 0 unspecified atom stereocenters. The fourth-order valence-corrected chi connectivity index (χ4v) is 4.37. The summed E-state index contributed by atoms with van der Waals surface area (Å²) in [6.07, 6.45) is 0.807. The van der Waals surface area contributed by atoms with Gasteiger partial charge in [0.2, 0.25) is 0 Å². The van der Waals surface area contributed by atoms with Gasteiger partial charge in [-0.25, -0.2) is 8.42 Å². The van der Waals surface area contributed by atoms with Crippen molar-refractivity contribution in [3.63, 3.8) is 0 Å². The lowest BCUT2D eigenvalue weighted by Gasteiger charge is -2.31.